The standard InChI is InChI=1S/C25H27N3O5/c1-4-32-23(29)16-33-18-10-12-19-17(15-18)9-11-20-24-21(7-5-8-22(24)28(30)31)27(25(19)20)14-6-13-26(2)3/h5,7-12,15H,4,6,13-14,16H2,1-3H3. The third-order valence-electron chi connectivity index (χ3n) is 5.66. The zero-order valence-corrected chi connectivity index (χ0v) is 19.0. The molecule has 3 aromatic carbocycles. The Morgan fingerprint density at radius 1 is 1.12 bits per heavy atom. The van der Waals surface area contributed by atoms with Crippen LogP contribution in [0.3, 0.4) is 0 Å². The van der Waals surface area contributed by atoms with Crippen LogP contribution < -0.4 is 4.74 Å². The molecule has 0 aliphatic heterocycles. The Bertz CT molecular complexity index is 1340. The number of nitro benzene ring substituents is 1. The second-order valence-electron chi connectivity index (χ2n) is 8.18. The van der Waals surface area contributed by atoms with Crippen LogP contribution in [0.5, 0.6) is 5.75 Å². The van der Waals surface area contributed by atoms with E-state index in [0.29, 0.717) is 17.7 Å². The molecule has 0 saturated carbocycles. The summed E-state index contributed by atoms with van der Waals surface area (Å²) in [6.07, 6.45) is 0.908. The number of hydrogen-bond acceptors (Lipinski definition) is 6. The quantitative estimate of drug-likeness (QED) is 0.208. The molecule has 0 aliphatic rings. The van der Waals surface area contributed by atoms with Crippen molar-refractivity contribution >= 4 is 44.2 Å². The molecule has 0 bridgehead atoms. The fourth-order valence-electron chi connectivity index (χ4n) is 4.30. The van der Waals surface area contributed by atoms with Crippen molar-refractivity contribution in [1.29, 1.82) is 0 Å². The molecule has 1 aromatic heterocycles. The minimum Gasteiger partial charge on any atom is -0.482 e. The molecule has 0 radical (unpaired) electrons. The lowest BCUT2D eigenvalue weighted by molar-refractivity contribution is -0.383. The van der Waals surface area contributed by atoms with Crippen LogP contribution in [-0.2, 0) is 16.1 Å². The summed E-state index contributed by atoms with van der Waals surface area (Å²) in [4.78, 5) is 25.2. The first kappa shape index (κ1) is 22.5. The van der Waals surface area contributed by atoms with Crippen molar-refractivity contribution in [3.8, 4) is 5.75 Å². The average Bonchev–Trinajstić information content (AvgIpc) is 3.11. The molecule has 172 valence electrons. The molecular weight excluding hydrogens is 422 g/mol. The van der Waals surface area contributed by atoms with Crippen LogP contribution in [0.2, 0.25) is 0 Å². The van der Waals surface area contributed by atoms with Gasteiger partial charge in [0.05, 0.1) is 27.9 Å². The second-order valence-corrected chi connectivity index (χ2v) is 8.18. The predicted molar refractivity (Wildman–Crippen MR) is 129 cm³/mol. The summed E-state index contributed by atoms with van der Waals surface area (Å²) in [6, 6.07) is 14.8. The fourth-order valence-corrected chi connectivity index (χ4v) is 4.30. The molecule has 33 heavy (non-hydrogen) atoms. The van der Waals surface area contributed by atoms with Crippen molar-refractivity contribution in [1.82, 2.24) is 9.47 Å². The van der Waals surface area contributed by atoms with Gasteiger partial charge in [-0.25, -0.2) is 4.79 Å². The predicted octanol–water partition coefficient (Wildman–Crippen LogP) is 4.75. The van der Waals surface area contributed by atoms with Gasteiger partial charge in [0, 0.05) is 23.4 Å². The number of carbonyl (C=O) groups excluding carboxylic acids is 1. The first-order valence-electron chi connectivity index (χ1n) is 11.0. The van der Waals surface area contributed by atoms with Crippen LogP contribution in [0, 0.1) is 10.1 Å². The molecule has 0 atom stereocenters. The first-order chi connectivity index (χ1) is 15.9. The normalized spacial score (nSPS) is 11.5. The molecule has 1 heterocycles. The number of ether oxygens (including phenoxy) is 2. The number of aryl methyl sites for hydroxylation is 1. The lowest BCUT2D eigenvalue weighted by atomic mass is 10.0. The van der Waals surface area contributed by atoms with Crippen molar-refractivity contribution in [3.63, 3.8) is 0 Å². The molecule has 4 rings (SSSR count). The third-order valence-corrected chi connectivity index (χ3v) is 5.66. The highest BCUT2D eigenvalue weighted by atomic mass is 16.6. The Kier molecular flexibility index (Phi) is 6.46. The Balaban J connectivity index is 1.86. The maximum atomic E-state index is 11.8. The Morgan fingerprint density at radius 3 is 2.64 bits per heavy atom. The number of aromatic nitrogens is 1. The maximum absolute atomic E-state index is 11.8. The van der Waals surface area contributed by atoms with Crippen LogP contribution in [-0.4, -0.2) is 54.2 Å². The van der Waals surface area contributed by atoms with E-state index in [1.165, 1.54) is 0 Å². The smallest absolute Gasteiger partial charge is 0.344 e. The van der Waals surface area contributed by atoms with Crippen LogP contribution >= 0.6 is 0 Å². The molecule has 4 aromatic rings. The minimum absolute atomic E-state index is 0.109. The van der Waals surface area contributed by atoms with Crippen molar-refractivity contribution in [2.24, 2.45) is 0 Å². The third kappa shape index (κ3) is 4.47. The average molecular weight is 450 g/mol. The number of fused-ring (bicyclic) bond motifs is 5. The van der Waals surface area contributed by atoms with Crippen molar-refractivity contribution in [2.45, 2.75) is 19.9 Å². The fraction of sp³-hybridized carbons (Fsp3) is 0.320. The van der Waals surface area contributed by atoms with Crippen LogP contribution in [0.1, 0.15) is 13.3 Å². The topological polar surface area (TPSA) is 86.8 Å². The number of non-ortho nitro benzene ring substituents is 1. The van der Waals surface area contributed by atoms with E-state index >= 15 is 0 Å². The largest absolute Gasteiger partial charge is 0.482 e. The second kappa shape index (κ2) is 9.46. The zero-order chi connectivity index (χ0) is 23.5. The molecule has 0 amide bonds. The number of carbonyl (C=O) groups is 1. The molecule has 0 spiro atoms. The first-order valence-corrected chi connectivity index (χ1v) is 11.0. The summed E-state index contributed by atoms with van der Waals surface area (Å²) in [5, 5.41) is 15.2. The van der Waals surface area contributed by atoms with Crippen LogP contribution in [0.25, 0.3) is 32.6 Å². The molecule has 0 saturated heterocycles. The number of nitrogens with zero attached hydrogens (tertiary/aromatic N) is 3. The van der Waals surface area contributed by atoms with Gasteiger partial charge in [-0.1, -0.05) is 18.2 Å². The van der Waals surface area contributed by atoms with Crippen molar-refractivity contribution in [2.75, 3.05) is 33.9 Å². The van der Waals surface area contributed by atoms with E-state index in [-0.39, 0.29) is 17.2 Å². The highest BCUT2D eigenvalue weighted by Crippen LogP contribution is 2.39. The number of esters is 1. The molecule has 8 nitrogen and oxygen atoms in total. The van der Waals surface area contributed by atoms with E-state index in [0.717, 1.165) is 46.7 Å². The minimum atomic E-state index is -0.415. The molecule has 0 unspecified atom stereocenters. The summed E-state index contributed by atoms with van der Waals surface area (Å²) >= 11 is 0. The van der Waals surface area contributed by atoms with Gasteiger partial charge in [-0.3, -0.25) is 10.1 Å². The van der Waals surface area contributed by atoms with Gasteiger partial charge >= 0.3 is 5.97 Å². The summed E-state index contributed by atoms with van der Waals surface area (Å²) in [7, 11) is 4.06. The molecule has 8 heteroatoms. The van der Waals surface area contributed by atoms with Gasteiger partial charge in [0.2, 0.25) is 0 Å². The molecule has 0 aliphatic carbocycles. The number of benzene rings is 3. The zero-order valence-electron chi connectivity index (χ0n) is 19.0. The van der Waals surface area contributed by atoms with Gasteiger partial charge in [0.1, 0.15) is 5.75 Å². The summed E-state index contributed by atoms with van der Waals surface area (Å²) in [6.45, 7) is 3.55. The van der Waals surface area contributed by atoms with E-state index in [1.54, 1.807) is 19.1 Å². The lowest BCUT2D eigenvalue weighted by Gasteiger charge is -2.13. The van der Waals surface area contributed by atoms with Crippen LogP contribution in [0.4, 0.5) is 5.69 Å². The Hall–Kier alpha value is -3.65. The molecular formula is C25H27N3O5. The van der Waals surface area contributed by atoms with Gasteiger partial charge in [-0.15, -0.1) is 0 Å². The highest BCUT2D eigenvalue weighted by molar-refractivity contribution is 6.20. The summed E-state index contributed by atoms with van der Waals surface area (Å²) < 4.78 is 12.7. The summed E-state index contributed by atoms with van der Waals surface area (Å²) in [5.41, 5.74) is 1.93. The SMILES string of the molecule is CCOC(=O)COc1ccc2c(ccc3c4c([N+](=O)[O-])cccc4n(CCCN(C)C)c23)c1. The number of rotatable bonds is 9. The van der Waals surface area contributed by atoms with E-state index < -0.39 is 5.97 Å². The van der Waals surface area contributed by atoms with E-state index in [1.807, 2.05) is 50.5 Å². The Labute approximate surface area is 191 Å². The lowest BCUT2D eigenvalue weighted by Crippen LogP contribution is -2.15. The maximum Gasteiger partial charge on any atom is 0.344 e. The van der Waals surface area contributed by atoms with E-state index in [9.17, 15) is 14.9 Å². The van der Waals surface area contributed by atoms with Gasteiger partial charge in [-0.05, 0) is 63.6 Å². The highest BCUT2D eigenvalue weighted by Gasteiger charge is 2.21. The van der Waals surface area contributed by atoms with Gasteiger partial charge in [0.15, 0.2) is 6.61 Å². The van der Waals surface area contributed by atoms with E-state index in [2.05, 4.69) is 9.47 Å². The molecule has 0 N–H and O–H groups in total. The summed E-state index contributed by atoms with van der Waals surface area (Å²) in [5.74, 6) is 0.150. The van der Waals surface area contributed by atoms with Gasteiger partial charge in [0.25, 0.3) is 5.69 Å². The van der Waals surface area contributed by atoms with Crippen molar-refractivity contribution in [3.05, 3.63) is 58.6 Å². The molecule has 0 fully saturated rings. The monoisotopic (exact) mass is 449 g/mol. The Morgan fingerprint density at radius 2 is 1.91 bits per heavy atom. The van der Waals surface area contributed by atoms with Crippen molar-refractivity contribution < 1.29 is 19.2 Å². The number of nitro groups is 1. The number of hydrogen-bond donors (Lipinski definition) is 0. The van der Waals surface area contributed by atoms with E-state index in [4.69, 9.17) is 9.47 Å². The van der Waals surface area contributed by atoms with Gasteiger partial charge in [-0.2, -0.15) is 0 Å². The van der Waals surface area contributed by atoms with Crippen LogP contribution in [0.15, 0.2) is 48.5 Å². The van der Waals surface area contributed by atoms with Gasteiger partial charge < -0.3 is 18.9 Å².